The molecule has 2 N–H and O–H groups in total. The summed E-state index contributed by atoms with van der Waals surface area (Å²) in [5.41, 5.74) is 4.67. The van der Waals surface area contributed by atoms with Gasteiger partial charge in [0.15, 0.2) is 5.82 Å². The molecule has 6 heteroatoms. The van der Waals surface area contributed by atoms with Crippen molar-refractivity contribution in [3.05, 3.63) is 34.9 Å². The zero-order chi connectivity index (χ0) is 18.1. The Kier molecular flexibility index (Phi) is 4.78. The monoisotopic (exact) mass is 354 g/mol. The molecule has 0 spiro atoms. The fraction of sp³-hybridized carbons (Fsp3) is 0.500. The second kappa shape index (κ2) is 7.21. The van der Waals surface area contributed by atoms with E-state index in [2.05, 4.69) is 27.5 Å². The number of piperidine rings is 1. The number of hydrogen-bond acceptors (Lipinski definition) is 6. The number of aryl methyl sites for hydroxylation is 1. The number of aromatic hydroxyl groups is 1. The van der Waals surface area contributed by atoms with Gasteiger partial charge in [0.25, 0.3) is 0 Å². The first kappa shape index (κ1) is 17.2. The highest BCUT2D eigenvalue weighted by molar-refractivity contribution is 5.72. The van der Waals surface area contributed by atoms with Crippen LogP contribution in [0.4, 0.5) is 5.82 Å². The van der Waals surface area contributed by atoms with Crippen molar-refractivity contribution in [2.45, 2.75) is 38.8 Å². The summed E-state index contributed by atoms with van der Waals surface area (Å²) in [5.74, 6) is 1.11. The molecule has 3 heterocycles. The SMILES string of the molecule is Cc1ccc(-c2nnc(N[C@@H]3CCCN(C)C3)c3c2COCC3)c(O)c1. The molecule has 0 bridgehead atoms. The van der Waals surface area contributed by atoms with Gasteiger partial charge < -0.3 is 20.1 Å². The number of phenols is 1. The fourth-order valence-corrected chi connectivity index (χ4v) is 3.93. The van der Waals surface area contributed by atoms with Crippen LogP contribution in [-0.4, -0.2) is 53.0 Å². The second-order valence-electron chi connectivity index (χ2n) is 7.42. The summed E-state index contributed by atoms with van der Waals surface area (Å²) >= 11 is 0. The van der Waals surface area contributed by atoms with E-state index in [-0.39, 0.29) is 5.75 Å². The summed E-state index contributed by atoms with van der Waals surface area (Å²) < 4.78 is 5.70. The number of fused-ring (bicyclic) bond motifs is 1. The summed E-state index contributed by atoms with van der Waals surface area (Å²) in [7, 11) is 2.16. The minimum absolute atomic E-state index is 0.238. The molecule has 2 aliphatic heterocycles. The molecular weight excluding hydrogens is 328 g/mol. The average Bonchev–Trinajstić information content (AvgIpc) is 2.63. The molecule has 1 saturated heterocycles. The van der Waals surface area contributed by atoms with Crippen LogP contribution in [0.25, 0.3) is 11.3 Å². The molecule has 6 nitrogen and oxygen atoms in total. The maximum atomic E-state index is 10.4. The van der Waals surface area contributed by atoms with E-state index < -0.39 is 0 Å². The van der Waals surface area contributed by atoms with E-state index in [1.54, 1.807) is 6.07 Å². The number of aromatic nitrogens is 2. The molecule has 26 heavy (non-hydrogen) atoms. The number of likely N-dealkylation sites (tertiary alicyclic amines) is 1. The third kappa shape index (κ3) is 3.39. The van der Waals surface area contributed by atoms with E-state index in [9.17, 15) is 5.11 Å². The van der Waals surface area contributed by atoms with Crippen LogP contribution in [0.5, 0.6) is 5.75 Å². The molecule has 0 amide bonds. The summed E-state index contributed by atoms with van der Waals surface area (Å²) in [4.78, 5) is 2.35. The third-order valence-electron chi connectivity index (χ3n) is 5.30. The average molecular weight is 354 g/mol. The Labute approximate surface area is 154 Å². The first-order valence-electron chi connectivity index (χ1n) is 9.33. The molecule has 0 radical (unpaired) electrons. The molecule has 1 fully saturated rings. The van der Waals surface area contributed by atoms with Gasteiger partial charge >= 0.3 is 0 Å². The number of nitrogens with zero attached hydrogens (tertiary/aromatic N) is 3. The fourth-order valence-electron chi connectivity index (χ4n) is 3.93. The van der Waals surface area contributed by atoms with E-state index in [0.717, 1.165) is 48.6 Å². The highest BCUT2D eigenvalue weighted by atomic mass is 16.5. The number of ether oxygens (including phenoxy) is 1. The van der Waals surface area contributed by atoms with Gasteiger partial charge in [-0.1, -0.05) is 6.07 Å². The highest BCUT2D eigenvalue weighted by Gasteiger charge is 2.25. The lowest BCUT2D eigenvalue weighted by molar-refractivity contribution is 0.111. The van der Waals surface area contributed by atoms with Crippen molar-refractivity contribution in [3.63, 3.8) is 0 Å². The van der Waals surface area contributed by atoms with E-state index >= 15 is 0 Å². The van der Waals surface area contributed by atoms with Gasteiger partial charge in [-0.3, -0.25) is 0 Å². The third-order valence-corrected chi connectivity index (χ3v) is 5.30. The number of hydrogen-bond donors (Lipinski definition) is 2. The lowest BCUT2D eigenvalue weighted by Gasteiger charge is -2.31. The standard InChI is InChI=1S/C20H26N4O2/c1-13-5-6-16(18(25)10-13)19-17-12-26-9-7-15(17)20(23-22-19)21-14-4-3-8-24(2)11-14/h5-6,10,14,25H,3-4,7-9,11-12H2,1-2H3,(H,21,23)/t14-/m1/s1. The normalized spacial score (nSPS) is 20.6. The van der Waals surface area contributed by atoms with E-state index in [1.807, 2.05) is 19.1 Å². The van der Waals surface area contributed by atoms with Crippen molar-refractivity contribution < 1.29 is 9.84 Å². The van der Waals surface area contributed by atoms with Gasteiger partial charge in [-0.15, -0.1) is 10.2 Å². The van der Waals surface area contributed by atoms with Crippen molar-refractivity contribution in [3.8, 4) is 17.0 Å². The number of rotatable bonds is 3. The molecular formula is C20H26N4O2. The Bertz CT molecular complexity index is 809. The van der Waals surface area contributed by atoms with Crippen molar-refractivity contribution in [2.75, 3.05) is 32.1 Å². The van der Waals surface area contributed by atoms with Crippen LogP contribution in [0.15, 0.2) is 18.2 Å². The van der Waals surface area contributed by atoms with Crippen molar-refractivity contribution in [1.29, 1.82) is 0 Å². The van der Waals surface area contributed by atoms with Crippen LogP contribution < -0.4 is 5.32 Å². The minimum atomic E-state index is 0.238. The van der Waals surface area contributed by atoms with E-state index in [0.29, 0.717) is 24.8 Å². The number of nitrogens with one attached hydrogen (secondary N) is 1. The quantitative estimate of drug-likeness (QED) is 0.883. The zero-order valence-corrected chi connectivity index (χ0v) is 15.5. The Morgan fingerprint density at radius 2 is 2.15 bits per heavy atom. The highest BCUT2D eigenvalue weighted by Crippen LogP contribution is 2.35. The number of likely N-dealkylation sites (N-methyl/N-ethyl adjacent to an activating group) is 1. The lowest BCUT2D eigenvalue weighted by atomic mass is 9.97. The van der Waals surface area contributed by atoms with Gasteiger partial charge in [-0.05, 0) is 57.5 Å². The second-order valence-corrected chi connectivity index (χ2v) is 7.42. The Hall–Kier alpha value is -2.18. The number of phenolic OH excluding ortho intramolecular Hbond substituents is 1. The minimum Gasteiger partial charge on any atom is -0.507 e. The van der Waals surface area contributed by atoms with Gasteiger partial charge in [-0.25, -0.2) is 0 Å². The van der Waals surface area contributed by atoms with E-state index in [1.165, 1.54) is 12.0 Å². The lowest BCUT2D eigenvalue weighted by Crippen LogP contribution is -2.40. The summed E-state index contributed by atoms with van der Waals surface area (Å²) in [6.07, 6.45) is 3.16. The number of anilines is 1. The molecule has 1 aromatic heterocycles. The van der Waals surface area contributed by atoms with E-state index in [4.69, 9.17) is 4.74 Å². The van der Waals surface area contributed by atoms with Gasteiger partial charge in [-0.2, -0.15) is 0 Å². The van der Waals surface area contributed by atoms with Crippen LogP contribution in [0.2, 0.25) is 0 Å². The van der Waals surface area contributed by atoms with Crippen LogP contribution in [0.3, 0.4) is 0 Å². The van der Waals surface area contributed by atoms with Gasteiger partial charge in [0.2, 0.25) is 0 Å². The Morgan fingerprint density at radius 3 is 2.96 bits per heavy atom. The Morgan fingerprint density at radius 1 is 1.27 bits per heavy atom. The Balaban J connectivity index is 1.70. The predicted molar refractivity (Wildman–Crippen MR) is 101 cm³/mol. The molecule has 0 aliphatic carbocycles. The van der Waals surface area contributed by atoms with Crippen LogP contribution in [-0.2, 0) is 17.8 Å². The molecule has 138 valence electrons. The summed E-state index contributed by atoms with van der Waals surface area (Å²) in [6.45, 7) is 5.33. The molecule has 0 saturated carbocycles. The van der Waals surface area contributed by atoms with Gasteiger partial charge in [0, 0.05) is 29.3 Å². The largest absolute Gasteiger partial charge is 0.507 e. The molecule has 4 rings (SSSR count). The first-order valence-corrected chi connectivity index (χ1v) is 9.33. The molecule has 2 aliphatic rings. The smallest absolute Gasteiger partial charge is 0.152 e. The maximum absolute atomic E-state index is 10.4. The summed E-state index contributed by atoms with van der Waals surface area (Å²) in [5, 5.41) is 23.0. The molecule has 0 unspecified atom stereocenters. The van der Waals surface area contributed by atoms with Gasteiger partial charge in [0.05, 0.1) is 13.2 Å². The maximum Gasteiger partial charge on any atom is 0.152 e. The number of benzene rings is 1. The molecule has 1 atom stereocenters. The van der Waals surface area contributed by atoms with Crippen LogP contribution in [0, 0.1) is 6.92 Å². The van der Waals surface area contributed by atoms with Crippen molar-refractivity contribution in [1.82, 2.24) is 15.1 Å². The van der Waals surface area contributed by atoms with Gasteiger partial charge in [0.1, 0.15) is 11.4 Å². The van der Waals surface area contributed by atoms with Crippen LogP contribution >= 0.6 is 0 Å². The molecule has 2 aromatic rings. The predicted octanol–water partition coefficient (Wildman–Crippen LogP) is 2.74. The van der Waals surface area contributed by atoms with Crippen molar-refractivity contribution in [2.24, 2.45) is 0 Å². The van der Waals surface area contributed by atoms with Crippen LogP contribution in [0.1, 0.15) is 29.5 Å². The molecule has 1 aromatic carbocycles. The summed E-state index contributed by atoms with van der Waals surface area (Å²) in [6, 6.07) is 6.05. The van der Waals surface area contributed by atoms with Crippen molar-refractivity contribution >= 4 is 5.82 Å². The zero-order valence-electron chi connectivity index (χ0n) is 15.5. The first-order chi connectivity index (χ1) is 12.6. The topological polar surface area (TPSA) is 70.5 Å².